The van der Waals surface area contributed by atoms with Crippen molar-refractivity contribution in [3.63, 3.8) is 0 Å². The number of hydrogen-bond donors (Lipinski definition) is 2. The lowest BCUT2D eigenvalue weighted by Gasteiger charge is -2.42. The molecule has 0 amide bonds. The Morgan fingerprint density at radius 3 is 2.53 bits per heavy atom. The zero-order valence-electron chi connectivity index (χ0n) is 11.4. The lowest BCUT2D eigenvalue weighted by Crippen LogP contribution is -2.53. The Bertz CT molecular complexity index is 201. The molecule has 1 aliphatic carbocycles. The van der Waals surface area contributed by atoms with Gasteiger partial charge >= 0.3 is 0 Å². The number of β-amino-alcohol motifs (C(OH)–C–C–N with tert-alkyl or cyclic N) is 1. The molecule has 0 aromatic rings. The molecule has 4 nitrogen and oxygen atoms in total. The highest BCUT2D eigenvalue weighted by Crippen LogP contribution is 2.34. The quantitative estimate of drug-likeness (QED) is 0.643. The molecular weight excluding hydrogens is 218 g/mol. The van der Waals surface area contributed by atoms with Gasteiger partial charge in [-0.3, -0.25) is 0 Å². The van der Waals surface area contributed by atoms with Gasteiger partial charge in [0.15, 0.2) is 0 Å². The normalized spacial score (nSPS) is 21.9. The van der Waals surface area contributed by atoms with Crippen LogP contribution in [-0.4, -0.2) is 49.7 Å². The second kappa shape index (κ2) is 7.31. The fourth-order valence-electron chi connectivity index (χ4n) is 2.21. The van der Waals surface area contributed by atoms with Crippen LogP contribution >= 0.6 is 0 Å². The highest BCUT2D eigenvalue weighted by atomic mass is 16.5. The van der Waals surface area contributed by atoms with Gasteiger partial charge in [-0.15, -0.1) is 0 Å². The largest absolute Gasteiger partial charge is 0.389 e. The van der Waals surface area contributed by atoms with Gasteiger partial charge in [-0.2, -0.15) is 0 Å². The first kappa shape index (κ1) is 14.9. The minimum absolute atomic E-state index is 0.0403. The van der Waals surface area contributed by atoms with Crippen molar-refractivity contribution in [3.8, 4) is 0 Å². The van der Waals surface area contributed by atoms with Gasteiger partial charge in [-0.1, -0.05) is 6.92 Å². The van der Waals surface area contributed by atoms with E-state index in [0.29, 0.717) is 25.3 Å². The topological polar surface area (TPSA) is 50.7 Å². The summed E-state index contributed by atoms with van der Waals surface area (Å²) in [6.07, 6.45) is 4.52. The summed E-state index contributed by atoms with van der Waals surface area (Å²) >= 11 is 0. The van der Waals surface area contributed by atoms with Crippen molar-refractivity contribution in [1.29, 1.82) is 0 Å². The van der Waals surface area contributed by atoms with Crippen molar-refractivity contribution in [1.82, 2.24) is 5.32 Å². The van der Waals surface area contributed by atoms with Gasteiger partial charge in [-0.25, -0.2) is 0 Å². The fraction of sp³-hybridized carbons (Fsp3) is 1.00. The molecule has 102 valence electrons. The molecule has 0 aliphatic heterocycles. The number of nitrogens with one attached hydrogen (secondary N) is 1. The highest BCUT2D eigenvalue weighted by Gasteiger charge is 2.34. The van der Waals surface area contributed by atoms with Gasteiger partial charge in [0.2, 0.25) is 0 Å². The first-order valence-electron chi connectivity index (χ1n) is 6.65. The van der Waals surface area contributed by atoms with E-state index in [1.807, 2.05) is 6.92 Å². The molecule has 0 bridgehead atoms. The zero-order valence-corrected chi connectivity index (χ0v) is 11.4. The second-order valence-electron chi connectivity index (χ2n) is 5.12. The van der Waals surface area contributed by atoms with Crippen molar-refractivity contribution < 1.29 is 14.6 Å². The number of methoxy groups -OCH3 is 1. The van der Waals surface area contributed by atoms with Gasteiger partial charge in [-0.05, 0) is 32.6 Å². The third kappa shape index (κ3) is 4.92. The minimum Gasteiger partial charge on any atom is -0.389 e. The standard InChI is InChI=1S/C13H27NO3/c1-4-13(6-5-7-13)14-8-12(15)10-17-11(2)9-16-3/h11-12,14-15H,4-10H2,1-3H3. The fourth-order valence-corrected chi connectivity index (χ4v) is 2.21. The average molecular weight is 245 g/mol. The van der Waals surface area contributed by atoms with E-state index >= 15 is 0 Å². The molecule has 1 fully saturated rings. The molecule has 0 heterocycles. The molecule has 0 radical (unpaired) electrons. The maximum Gasteiger partial charge on any atom is 0.0898 e. The van der Waals surface area contributed by atoms with E-state index in [1.165, 1.54) is 19.3 Å². The summed E-state index contributed by atoms with van der Waals surface area (Å²) in [5, 5.41) is 13.3. The molecule has 0 saturated heterocycles. The van der Waals surface area contributed by atoms with Crippen molar-refractivity contribution in [3.05, 3.63) is 0 Å². The Labute approximate surface area is 105 Å². The Balaban J connectivity index is 2.10. The Morgan fingerprint density at radius 1 is 1.35 bits per heavy atom. The number of rotatable bonds is 9. The molecule has 1 saturated carbocycles. The van der Waals surface area contributed by atoms with Crippen LogP contribution in [0, 0.1) is 0 Å². The average Bonchev–Trinajstić information content (AvgIpc) is 2.26. The van der Waals surface area contributed by atoms with Gasteiger partial charge < -0.3 is 19.9 Å². The van der Waals surface area contributed by atoms with Gasteiger partial charge in [0, 0.05) is 19.2 Å². The summed E-state index contributed by atoms with van der Waals surface area (Å²) in [4.78, 5) is 0. The third-order valence-corrected chi connectivity index (χ3v) is 3.67. The van der Waals surface area contributed by atoms with Crippen molar-refractivity contribution in [2.24, 2.45) is 0 Å². The molecule has 1 aliphatic rings. The summed E-state index contributed by atoms with van der Waals surface area (Å²) in [5.41, 5.74) is 0.291. The van der Waals surface area contributed by atoms with E-state index in [9.17, 15) is 5.11 Å². The minimum atomic E-state index is -0.432. The Kier molecular flexibility index (Phi) is 6.41. The predicted octanol–water partition coefficient (Wildman–Crippen LogP) is 1.32. The van der Waals surface area contributed by atoms with Gasteiger partial charge in [0.05, 0.1) is 25.4 Å². The van der Waals surface area contributed by atoms with Crippen LogP contribution < -0.4 is 5.32 Å². The summed E-state index contributed by atoms with van der Waals surface area (Å²) < 4.78 is 10.5. The number of aliphatic hydroxyl groups is 1. The van der Waals surface area contributed by atoms with Crippen LogP contribution in [-0.2, 0) is 9.47 Å². The first-order valence-corrected chi connectivity index (χ1v) is 6.65. The molecule has 17 heavy (non-hydrogen) atoms. The highest BCUT2D eigenvalue weighted by molar-refractivity contribution is 4.94. The number of hydrogen-bond acceptors (Lipinski definition) is 4. The maximum atomic E-state index is 9.82. The Morgan fingerprint density at radius 2 is 2.06 bits per heavy atom. The van der Waals surface area contributed by atoms with Gasteiger partial charge in [0.1, 0.15) is 0 Å². The summed E-state index contributed by atoms with van der Waals surface area (Å²) in [7, 11) is 1.65. The monoisotopic (exact) mass is 245 g/mol. The Hall–Kier alpha value is -0.160. The maximum absolute atomic E-state index is 9.82. The van der Waals surface area contributed by atoms with Crippen molar-refractivity contribution in [2.75, 3.05) is 26.9 Å². The van der Waals surface area contributed by atoms with E-state index in [4.69, 9.17) is 9.47 Å². The van der Waals surface area contributed by atoms with E-state index in [2.05, 4.69) is 12.2 Å². The smallest absolute Gasteiger partial charge is 0.0898 e. The van der Waals surface area contributed by atoms with E-state index in [1.54, 1.807) is 7.11 Å². The number of ether oxygens (including phenoxy) is 2. The summed E-state index contributed by atoms with van der Waals surface area (Å²) in [6, 6.07) is 0. The van der Waals surface area contributed by atoms with Crippen LogP contribution in [0.15, 0.2) is 0 Å². The SMILES string of the molecule is CCC1(NCC(O)COC(C)COC)CCC1. The van der Waals surface area contributed by atoms with E-state index in [0.717, 1.165) is 6.42 Å². The predicted molar refractivity (Wildman–Crippen MR) is 68.2 cm³/mol. The second-order valence-corrected chi connectivity index (χ2v) is 5.12. The summed E-state index contributed by atoms with van der Waals surface area (Å²) in [5.74, 6) is 0. The molecule has 4 heteroatoms. The van der Waals surface area contributed by atoms with Crippen LogP contribution in [0.1, 0.15) is 39.5 Å². The molecule has 2 unspecified atom stereocenters. The molecule has 0 spiro atoms. The molecule has 2 N–H and O–H groups in total. The van der Waals surface area contributed by atoms with Crippen LogP contribution in [0.25, 0.3) is 0 Å². The van der Waals surface area contributed by atoms with Crippen LogP contribution in [0.4, 0.5) is 0 Å². The lowest BCUT2D eigenvalue weighted by molar-refractivity contribution is -0.0341. The lowest BCUT2D eigenvalue weighted by atomic mass is 9.75. The van der Waals surface area contributed by atoms with E-state index < -0.39 is 6.10 Å². The van der Waals surface area contributed by atoms with Crippen molar-refractivity contribution in [2.45, 2.75) is 57.3 Å². The third-order valence-electron chi connectivity index (χ3n) is 3.67. The first-order chi connectivity index (χ1) is 8.12. The molecular formula is C13H27NO3. The molecule has 0 aromatic carbocycles. The van der Waals surface area contributed by atoms with Crippen molar-refractivity contribution >= 4 is 0 Å². The molecule has 1 rings (SSSR count). The molecule has 0 aromatic heterocycles. The van der Waals surface area contributed by atoms with Crippen LogP contribution in [0.2, 0.25) is 0 Å². The van der Waals surface area contributed by atoms with Gasteiger partial charge in [0.25, 0.3) is 0 Å². The summed E-state index contributed by atoms with van der Waals surface area (Å²) in [6.45, 7) is 5.71. The number of aliphatic hydroxyl groups excluding tert-OH is 1. The molecule has 2 atom stereocenters. The van der Waals surface area contributed by atoms with E-state index in [-0.39, 0.29) is 6.10 Å². The van der Waals surface area contributed by atoms with Crippen LogP contribution in [0.5, 0.6) is 0 Å². The zero-order chi connectivity index (χ0) is 12.7. The van der Waals surface area contributed by atoms with Crippen LogP contribution in [0.3, 0.4) is 0 Å².